The monoisotopic (exact) mass is 332 g/mol. The number of carbonyl (C=O) groups is 1. The third-order valence-electron chi connectivity index (χ3n) is 4.41. The number of piperidine rings is 1. The van der Waals surface area contributed by atoms with E-state index in [1.165, 1.54) is 18.4 Å². The molecule has 0 saturated carbocycles. The van der Waals surface area contributed by atoms with Crippen LogP contribution in [0.3, 0.4) is 0 Å². The summed E-state index contributed by atoms with van der Waals surface area (Å²) in [5.74, 6) is 0.682. The van der Waals surface area contributed by atoms with Gasteiger partial charge < -0.3 is 10.1 Å². The number of hydrogen-bond acceptors (Lipinski definition) is 3. The standard InChI is InChI=1S/C20H32N2O2/c1-16(21-19(23)24-20(2,3)4)14-17-10-12-22(13-11-17)15-18-8-6-5-7-9-18/h5-9,16-17H,10-15H2,1-4H3,(H,21,23). The molecule has 4 nitrogen and oxygen atoms in total. The highest BCUT2D eigenvalue weighted by atomic mass is 16.6. The molecular formula is C20H32N2O2. The first-order valence-corrected chi connectivity index (χ1v) is 9.07. The first kappa shape index (κ1) is 18.8. The van der Waals surface area contributed by atoms with Gasteiger partial charge in [0.2, 0.25) is 0 Å². The van der Waals surface area contributed by atoms with E-state index in [9.17, 15) is 4.79 Å². The summed E-state index contributed by atoms with van der Waals surface area (Å²) in [5, 5.41) is 2.96. The second-order valence-electron chi connectivity index (χ2n) is 7.99. The molecule has 1 fully saturated rings. The molecule has 1 unspecified atom stereocenters. The summed E-state index contributed by atoms with van der Waals surface area (Å²) in [4.78, 5) is 14.4. The lowest BCUT2D eigenvalue weighted by molar-refractivity contribution is 0.0497. The maximum absolute atomic E-state index is 11.8. The van der Waals surface area contributed by atoms with Crippen molar-refractivity contribution in [3.63, 3.8) is 0 Å². The van der Waals surface area contributed by atoms with E-state index >= 15 is 0 Å². The molecule has 0 aromatic heterocycles. The smallest absolute Gasteiger partial charge is 0.407 e. The average Bonchev–Trinajstić information content (AvgIpc) is 2.48. The first-order chi connectivity index (χ1) is 11.3. The molecule has 4 heteroatoms. The predicted octanol–water partition coefficient (Wildman–Crippen LogP) is 4.20. The van der Waals surface area contributed by atoms with Crippen molar-refractivity contribution < 1.29 is 9.53 Å². The number of amides is 1. The number of alkyl carbamates (subject to hydrolysis) is 1. The third kappa shape index (κ3) is 6.91. The minimum absolute atomic E-state index is 0.158. The largest absolute Gasteiger partial charge is 0.444 e. The van der Waals surface area contributed by atoms with Crippen molar-refractivity contribution in [2.45, 2.75) is 65.1 Å². The SMILES string of the molecule is CC(CC1CCN(Cc2ccccc2)CC1)NC(=O)OC(C)(C)C. The maximum atomic E-state index is 11.8. The molecule has 1 heterocycles. The number of hydrogen-bond donors (Lipinski definition) is 1. The van der Waals surface area contributed by atoms with Crippen molar-refractivity contribution in [1.82, 2.24) is 10.2 Å². The fourth-order valence-electron chi connectivity index (χ4n) is 3.29. The zero-order valence-electron chi connectivity index (χ0n) is 15.5. The number of likely N-dealkylation sites (tertiary alicyclic amines) is 1. The minimum atomic E-state index is -0.438. The summed E-state index contributed by atoms with van der Waals surface area (Å²) >= 11 is 0. The topological polar surface area (TPSA) is 41.6 Å². The number of carbonyl (C=O) groups excluding carboxylic acids is 1. The molecule has 0 radical (unpaired) electrons. The summed E-state index contributed by atoms with van der Waals surface area (Å²) < 4.78 is 5.32. The molecule has 0 spiro atoms. The minimum Gasteiger partial charge on any atom is -0.444 e. The van der Waals surface area contributed by atoms with Crippen molar-refractivity contribution in [2.75, 3.05) is 13.1 Å². The predicted molar refractivity (Wildman–Crippen MR) is 97.9 cm³/mol. The molecule has 1 saturated heterocycles. The number of nitrogens with zero attached hydrogens (tertiary/aromatic N) is 1. The molecule has 1 aliphatic heterocycles. The summed E-state index contributed by atoms with van der Waals surface area (Å²) in [6.07, 6.45) is 3.12. The van der Waals surface area contributed by atoms with E-state index in [-0.39, 0.29) is 12.1 Å². The molecule has 1 atom stereocenters. The Hall–Kier alpha value is -1.55. The molecule has 1 N–H and O–H groups in total. The van der Waals surface area contributed by atoms with Gasteiger partial charge in [-0.15, -0.1) is 0 Å². The lowest BCUT2D eigenvalue weighted by Crippen LogP contribution is -2.40. The van der Waals surface area contributed by atoms with E-state index in [1.54, 1.807) is 0 Å². The molecule has 24 heavy (non-hydrogen) atoms. The Morgan fingerprint density at radius 3 is 2.46 bits per heavy atom. The van der Waals surface area contributed by atoms with Gasteiger partial charge in [-0.2, -0.15) is 0 Å². The van der Waals surface area contributed by atoms with Crippen molar-refractivity contribution in [2.24, 2.45) is 5.92 Å². The second kappa shape index (κ2) is 8.52. The Kier molecular flexibility index (Phi) is 6.67. The van der Waals surface area contributed by atoms with E-state index in [4.69, 9.17) is 4.74 Å². The van der Waals surface area contributed by atoms with Gasteiger partial charge in [0.05, 0.1) is 0 Å². The van der Waals surface area contributed by atoms with Crippen LogP contribution in [0.25, 0.3) is 0 Å². The summed E-state index contributed by atoms with van der Waals surface area (Å²) in [7, 11) is 0. The summed E-state index contributed by atoms with van der Waals surface area (Å²) in [5.41, 5.74) is 0.947. The van der Waals surface area contributed by atoms with Gasteiger partial charge in [0.15, 0.2) is 0 Å². The molecule has 0 bridgehead atoms. The lowest BCUT2D eigenvalue weighted by Gasteiger charge is -2.33. The van der Waals surface area contributed by atoms with E-state index in [1.807, 2.05) is 20.8 Å². The number of benzene rings is 1. The van der Waals surface area contributed by atoms with E-state index < -0.39 is 5.60 Å². The van der Waals surface area contributed by atoms with Gasteiger partial charge in [0.25, 0.3) is 0 Å². The Morgan fingerprint density at radius 1 is 1.25 bits per heavy atom. The normalized spacial score (nSPS) is 18.2. The van der Waals surface area contributed by atoms with Crippen LogP contribution in [-0.4, -0.2) is 35.7 Å². The van der Waals surface area contributed by atoms with Gasteiger partial charge in [0, 0.05) is 12.6 Å². The van der Waals surface area contributed by atoms with E-state index in [0.29, 0.717) is 5.92 Å². The van der Waals surface area contributed by atoms with Crippen LogP contribution < -0.4 is 5.32 Å². The van der Waals surface area contributed by atoms with E-state index in [0.717, 1.165) is 26.1 Å². The third-order valence-corrected chi connectivity index (χ3v) is 4.41. The van der Waals surface area contributed by atoms with Crippen molar-refractivity contribution >= 4 is 6.09 Å². The Balaban J connectivity index is 1.68. The van der Waals surface area contributed by atoms with Gasteiger partial charge in [-0.25, -0.2) is 4.79 Å². The van der Waals surface area contributed by atoms with Gasteiger partial charge in [0.1, 0.15) is 5.60 Å². The highest BCUT2D eigenvalue weighted by molar-refractivity contribution is 5.68. The number of rotatable bonds is 5. The molecule has 134 valence electrons. The zero-order valence-corrected chi connectivity index (χ0v) is 15.5. The lowest BCUT2D eigenvalue weighted by atomic mass is 9.90. The zero-order chi connectivity index (χ0) is 17.6. The molecule has 1 aromatic carbocycles. The quantitative estimate of drug-likeness (QED) is 0.878. The first-order valence-electron chi connectivity index (χ1n) is 9.07. The van der Waals surface area contributed by atoms with Gasteiger partial charge >= 0.3 is 6.09 Å². The molecular weight excluding hydrogens is 300 g/mol. The number of ether oxygens (including phenoxy) is 1. The van der Waals surface area contributed by atoms with Crippen molar-refractivity contribution in [3.8, 4) is 0 Å². The van der Waals surface area contributed by atoms with Crippen LogP contribution in [0.1, 0.15) is 52.5 Å². The summed E-state index contributed by atoms with van der Waals surface area (Å²) in [6, 6.07) is 10.8. The molecule has 1 amide bonds. The van der Waals surface area contributed by atoms with E-state index in [2.05, 4.69) is 47.5 Å². The van der Waals surface area contributed by atoms with Crippen molar-refractivity contribution in [3.05, 3.63) is 35.9 Å². The van der Waals surface area contributed by atoms with Crippen LogP contribution in [0, 0.1) is 5.92 Å². The van der Waals surface area contributed by atoms with Crippen molar-refractivity contribution in [1.29, 1.82) is 0 Å². The Bertz CT molecular complexity index is 502. The van der Waals surface area contributed by atoms with Crippen LogP contribution >= 0.6 is 0 Å². The fraction of sp³-hybridized carbons (Fsp3) is 0.650. The van der Waals surface area contributed by atoms with Gasteiger partial charge in [-0.3, -0.25) is 4.90 Å². The van der Waals surface area contributed by atoms with Gasteiger partial charge in [-0.05, 0) is 71.5 Å². The van der Waals surface area contributed by atoms with Crippen LogP contribution in [0.2, 0.25) is 0 Å². The summed E-state index contributed by atoms with van der Waals surface area (Å²) in [6.45, 7) is 11.1. The molecule has 0 aliphatic carbocycles. The fourth-order valence-corrected chi connectivity index (χ4v) is 3.29. The van der Waals surface area contributed by atoms with Crippen LogP contribution in [-0.2, 0) is 11.3 Å². The van der Waals surface area contributed by atoms with Crippen LogP contribution in [0.5, 0.6) is 0 Å². The number of nitrogens with one attached hydrogen (secondary N) is 1. The highest BCUT2D eigenvalue weighted by Crippen LogP contribution is 2.23. The Labute approximate surface area is 146 Å². The van der Waals surface area contributed by atoms with Gasteiger partial charge in [-0.1, -0.05) is 30.3 Å². The molecule has 2 rings (SSSR count). The second-order valence-corrected chi connectivity index (χ2v) is 7.99. The maximum Gasteiger partial charge on any atom is 0.407 e. The van der Waals surface area contributed by atoms with Crippen LogP contribution in [0.15, 0.2) is 30.3 Å². The average molecular weight is 332 g/mol. The Morgan fingerprint density at radius 2 is 1.88 bits per heavy atom. The highest BCUT2D eigenvalue weighted by Gasteiger charge is 2.23. The van der Waals surface area contributed by atoms with Crippen LogP contribution in [0.4, 0.5) is 4.79 Å². The molecule has 1 aromatic rings. The molecule has 1 aliphatic rings.